The Bertz CT molecular complexity index is 430. The SMILES string of the molecule is Cc1cccc(C(=O)N2CCCC(Cl)C2)c1C. The van der Waals surface area contributed by atoms with Gasteiger partial charge in [-0.3, -0.25) is 4.79 Å². The van der Waals surface area contributed by atoms with Gasteiger partial charge < -0.3 is 4.90 Å². The highest BCUT2D eigenvalue weighted by Gasteiger charge is 2.24. The largest absolute Gasteiger partial charge is 0.337 e. The van der Waals surface area contributed by atoms with Crippen molar-refractivity contribution in [2.45, 2.75) is 32.1 Å². The minimum absolute atomic E-state index is 0.109. The van der Waals surface area contributed by atoms with Gasteiger partial charge in [0.1, 0.15) is 0 Å². The molecule has 17 heavy (non-hydrogen) atoms. The average molecular weight is 252 g/mol. The topological polar surface area (TPSA) is 20.3 Å². The summed E-state index contributed by atoms with van der Waals surface area (Å²) < 4.78 is 0. The summed E-state index contributed by atoms with van der Waals surface area (Å²) in [5, 5.41) is 0.109. The lowest BCUT2D eigenvalue weighted by molar-refractivity contribution is 0.0726. The Morgan fingerprint density at radius 2 is 2.18 bits per heavy atom. The van der Waals surface area contributed by atoms with Crippen LogP contribution in [-0.4, -0.2) is 29.3 Å². The number of piperidine rings is 1. The number of nitrogens with zero attached hydrogens (tertiary/aromatic N) is 1. The van der Waals surface area contributed by atoms with Crippen LogP contribution in [0.1, 0.15) is 34.3 Å². The van der Waals surface area contributed by atoms with Crippen molar-refractivity contribution in [2.24, 2.45) is 0 Å². The molecule has 2 rings (SSSR count). The first-order valence-corrected chi connectivity index (χ1v) is 6.53. The van der Waals surface area contributed by atoms with E-state index in [4.69, 9.17) is 11.6 Å². The van der Waals surface area contributed by atoms with E-state index in [9.17, 15) is 4.79 Å². The molecule has 1 aromatic carbocycles. The van der Waals surface area contributed by atoms with Gasteiger partial charge in [-0.05, 0) is 43.9 Å². The number of halogens is 1. The molecule has 3 heteroatoms. The molecule has 1 saturated heterocycles. The molecule has 1 atom stereocenters. The second-order valence-corrected chi connectivity index (χ2v) is 5.36. The Morgan fingerprint density at radius 3 is 2.88 bits per heavy atom. The third-order valence-corrected chi connectivity index (χ3v) is 3.84. The lowest BCUT2D eigenvalue weighted by atomic mass is 10.0. The molecule has 0 aromatic heterocycles. The smallest absolute Gasteiger partial charge is 0.254 e. The van der Waals surface area contributed by atoms with Gasteiger partial charge in [0.2, 0.25) is 0 Å². The maximum Gasteiger partial charge on any atom is 0.254 e. The van der Waals surface area contributed by atoms with Crippen molar-refractivity contribution in [3.63, 3.8) is 0 Å². The van der Waals surface area contributed by atoms with Crippen LogP contribution in [0.4, 0.5) is 0 Å². The highest BCUT2D eigenvalue weighted by Crippen LogP contribution is 2.20. The normalized spacial score (nSPS) is 20.4. The Hall–Kier alpha value is -1.02. The zero-order valence-corrected chi connectivity index (χ0v) is 11.1. The standard InChI is InChI=1S/C14H18ClNO/c1-10-5-3-7-13(11(10)2)14(17)16-8-4-6-12(15)9-16/h3,5,7,12H,4,6,8-9H2,1-2H3. The fraction of sp³-hybridized carbons (Fsp3) is 0.500. The average Bonchev–Trinajstić information content (AvgIpc) is 2.32. The molecule has 0 spiro atoms. The van der Waals surface area contributed by atoms with Gasteiger partial charge in [0.15, 0.2) is 0 Å². The van der Waals surface area contributed by atoms with Gasteiger partial charge in [0.05, 0.1) is 5.38 Å². The van der Waals surface area contributed by atoms with Crippen LogP contribution in [0, 0.1) is 13.8 Å². The van der Waals surface area contributed by atoms with Gasteiger partial charge in [0, 0.05) is 18.7 Å². The number of hydrogen-bond donors (Lipinski definition) is 0. The highest BCUT2D eigenvalue weighted by atomic mass is 35.5. The summed E-state index contributed by atoms with van der Waals surface area (Å²) in [6, 6.07) is 5.88. The summed E-state index contributed by atoms with van der Waals surface area (Å²) in [6.45, 7) is 5.54. The summed E-state index contributed by atoms with van der Waals surface area (Å²) in [7, 11) is 0. The van der Waals surface area contributed by atoms with Crippen LogP contribution in [0.15, 0.2) is 18.2 Å². The van der Waals surface area contributed by atoms with Gasteiger partial charge >= 0.3 is 0 Å². The molecule has 0 radical (unpaired) electrons. The van der Waals surface area contributed by atoms with E-state index in [1.165, 1.54) is 0 Å². The highest BCUT2D eigenvalue weighted by molar-refractivity contribution is 6.21. The molecule has 92 valence electrons. The van der Waals surface area contributed by atoms with Crippen molar-refractivity contribution < 1.29 is 4.79 Å². The Kier molecular flexibility index (Phi) is 3.72. The van der Waals surface area contributed by atoms with Crippen LogP contribution < -0.4 is 0 Å². The second-order valence-electron chi connectivity index (χ2n) is 4.74. The molecule has 1 aromatic rings. The molecule has 0 N–H and O–H groups in total. The van der Waals surface area contributed by atoms with Crippen molar-refractivity contribution in [3.8, 4) is 0 Å². The quantitative estimate of drug-likeness (QED) is 0.703. The van der Waals surface area contributed by atoms with Crippen LogP contribution in [0.3, 0.4) is 0 Å². The monoisotopic (exact) mass is 251 g/mol. The van der Waals surface area contributed by atoms with Gasteiger partial charge in [-0.25, -0.2) is 0 Å². The van der Waals surface area contributed by atoms with Crippen LogP contribution in [0.25, 0.3) is 0 Å². The fourth-order valence-corrected chi connectivity index (χ4v) is 2.58. The fourth-order valence-electron chi connectivity index (χ4n) is 2.26. The zero-order valence-electron chi connectivity index (χ0n) is 10.4. The molecular formula is C14H18ClNO. The number of benzene rings is 1. The van der Waals surface area contributed by atoms with Gasteiger partial charge in [0.25, 0.3) is 5.91 Å². The third kappa shape index (κ3) is 2.63. The number of hydrogen-bond acceptors (Lipinski definition) is 1. The predicted molar refractivity (Wildman–Crippen MR) is 70.7 cm³/mol. The lowest BCUT2D eigenvalue weighted by Gasteiger charge is -2.30. The Labute approximate surface area is 108 Å². The summed E-state index contributed by atoms with van der Waals surface area (Å²) in [5.74, 6) is 0.122. The van der Waals surface area contributed by atoms with E-state index in [1.807, 2.05) is 36.9 Å². The van der Waals surface area contributed by atoms with E-state index in [2.05, 4.69) is 0 Å². The molecule has 0 saturated carbocycles. The van der Waals surface area contributed by atoms with E-state index in [1.54, 1.807) is 0 Å². The number of amides is 1. The van der Waals surface area contributed by atoms with E-state index in [0.29, 0.717) is 6.54 Å². The molecule has 2 nitrogen and oxygen atoms in total. The summed E-state index contributed by atoms with van der Waals surface area (Å²) in [5.41, 5.74) is 3.06. The van der Waals surface area contributed by atoms with Crippen LogP contribution in [-0.2, 0) is 0 Å². The molecule has 1 fully saturated rings. The van der Waals surface area contributed by atoms with Crippen molar-refractivity contribution in [1.82, 2.24) is 4.90 Å². The van der Waals surface area contributed by atoms with Crippen molar-refractivity contribution in [1.29, 1.82) is 0 Å². The first-order valence-electron chi connectivity index (χ1n) is 6.09. The number of carbonyl (C=O) groups is 1. The second kappa shape index (κ2) is 5.09. The van der Waals surface area contributed by atoms with Gasteiger partial charge in [-0.1, -0.05) is 12.1 Å². The van der Waals surface area contributed by atoms with Gasteiger partial charge in [-0.15, -0.1) is 11.6 Å². The molecule has 1 heterocycles. The van der Waals surface area contributed by atoms with Crippen molar-refractivity contribution in [2.75, 3.05) is 13.1 Å². The first-order chi connectivity index (χ1) is 8.09. The Morgan fingerprint density at radius 1 is 1.41 bits per heavy atom. The summed E-state index contributed by atoms with van der Waals surface area (Å²) >= 11 is 6.12. The van der Waals surface area contributed by atoms with Crippen LogP contribution in [0.2, 0.25) is 0 Å². The number of aryl methyl sites for hydroxylation is 1. The number of likely N-dealkylation sites (tertiary alicyclic amines) is 1. The molecule has 0 aliphatic carbocycles. The Balaban J connectivity index is 2.22. The van der Waals surface area contributed by atoms with Crippen molar-refractivity contribution >= 4 is 17.5 Å². The number of alkyl halides is 1. The van der Waals surface area contributed by atoms with E-state index in [-0.39, 0.29) is 11.3 Å². The van der Waals surface area contributed by atoms with E-state index >= 15 is 0 Å². The predicted octanol–water partition coefficient (Wildman–Crippen LogP) is 3.15. The minimum Gasteiger partial charge on any atom is -0.337 e. The van der Waals surface area contributed by atoms with Crippen molar-refractivity contribution in [3.05, 3.63) is 34.9 Å². The molecular weight excluding hydrogens is 234 g/mol. The lowest BCUT2D eigenvalue weighted by Crippen LogP contribution is -2.40. The summed E-state index contributed by atoms with van der Waals surface area (Å²) in [4.78, 5) is 14.3. The molecule has 1 amide bonds. The maximum absolute atomic E-state index is 12.4. The van der Waals surface area contributed by atoms with E-state index in [0.717, 1.165) is 36.1 Å². The molecule has 1 aliphatic rings. The number of carbonyl (C=O) groups excluding carboxylic acids is 1. The number of rotatable bonds is 1. The first kappa shape index (κ1) is 12.4. The maximum atomic E-state index is 12.4. The molecule has 0 bridgehead atoms. The summed E-state index contributed by atoms with van der Waals surface area (Å²) in [6.07, 6.45) is 2.02. The molecule has 1 aliphatic heterocycles. The zero-order chi connectivity index (χ0) is 12.4. The third-order valence-electron chi connectivity index (χ3n) is 3.49. The van der Waals surface area contributed by atoms with E-state index < -0.39 is 0 Å². The van der Waals surface area contributed by atoms with Crippen LogP contribution in [0.5, 0.6) is 0 Å². The molecule has 1 unspecified atom stereocenters. The van der Waals surface area contributed by atoms with Gasteiger partial charge in [-0.2, -0.15) is 0 Å². The minimum atomic E-state index is 0.109. The van der Waals surface area contributed by atoms with Crippen LogP contribution >= 0.6 is 11.6 Å².